The van der Waals surface area contributed by atoms with Crippen molar-refractivity contribution < 1.29 is 19.1 Å². The Morgan fingerprint density at radius 3 is 2.62 bits per heavy atom. The highest BCUT2D eigenvalue weighted by molar-refractivity contribution is 5.87. The van der Waals surface area contributed by atoms with Gasteiger partial charge in [0.25, 0.3) is 0 Å². The third-order valence-electron chi connectivity index (χ3n) is 4.21. The second kappa shape index (κ2) is 6.47. The lowest BCUT2D eigenvalue weighted by molar-refractivity contribution is -0.151. The molecule has 0 bridgehead atoms. The van der Waals surface area contributed by atoms with Crippen LogP contribution in [0.25, 0.3) is 0 Å². The SMILES string of the molecule is CC(=O)OC1(COC(=O)c2cncn2C(C)c2ccccc2)CC1. The van der Waals surface area contributed by atoms with E-state index >= 15 is 0 Å². The Bertz CT molecular complexity index is 734. The molecule has 0 amide bonds. The Hall–Kier alpha value is -2.63. The summed E-state index contributed by atoms with van der Waals surface area (Å²) in [4.78, 5) is 27.6. The van der Waals surface area contributed by atoms with Gasteiger partial charge in [-0.25, -0.2) is 9.78 Å². The number of carbonyl (C=O) groups excluding carboxylic acids is 2. The monoisotopic (exact) mass is 328 g/mol. The Morgan fingerprint density at radius 1 is 1.29 bits per heavy atom. The lowest BCUT2D eigenvalue weighted by atomic mass is 10.1. The predicted octanol–water partition coefficient (Wildman–Crippen LogP) is 2.74. The Labute approximate surface area is 140 Å². The lowest BCUT2D eigenvalue weighted by Gasteiger charge is -2.18. The zero-order valence-corrected chi connectivity index (χ0v) is 13.8. The fourth-order valence-electron chi connectivity index (χ4n) is 2.65. The number of esters is 2. The van der Waals surface area contributed by atoms with E-state index in [2.05, 4.69) is 4.98 Å². The molecule has 0 N–H and O–H groups in total. The molecule has 1 heterocycles. The van der Waals surface area contributed by atoms with Gasteiger partial charge in [0.1, 0.15) is 17.9 Å². The standard InChI is InChI=1S/C18H20N2O4/c1-13(15-6-4-3-5-7-15)20-12-19-10-16(20)17(22)23-11-18(8-9-18)24-14(2)21/h3-7,10,12-13H,8-9,11H2,1-2H3. The number of rotatable bonds is 6. The van der Waals surface area contributed by atoms with E-state index in [0.717, 1.165) is 18.4 Å². The van der Waals surface area contributed by atoms with Crippen LogP contribution in [-0.2, 0) is 14.3 Å². The number of ether oxygens (including phenoxy) is 2. The van der Waals surface area contributed by atoms with Crippen molar-refractivity contribution in [3.63, 3.8) is 0 Å². The average molecular weight is 328 g/mol. The van der Waals surface area contributed by atoms with Gasteiger partial charge in [0.05, 0.1) is 18.6 Å². The van der Waals surface area contributed by atoms with Gasteiger partial charge in [0.15, 0.2) is 0 Å². The normalized spacial score (nSPS) is 16.2. The zero-order valence-electron chi connectivity index (χ0n) is 13.8. The van der Waals surface area contributed by atoms with Crippen LogP contribution in [0, 0.1) is 0 Å². The first-order valence-electron chi connectivity index (χ1n) is 7.94. The van der Waals surface area contributed by atoms with Crippen molar-refractivity contribution in [3.05, 3.63) is 54.1 Å². The van der Waals surface area contributed by atoms with Crippen LogP contribution in [-0.4, -0.2) is 33.7 Å². The van der Waals surface area contributed by atoms with Crippen molar-refractivity contribution in [2.24, 2.45) is 0 Å². The summed E-state index contributed by atoms with van der Waals surface area (Å²) in [7, 11) is 0. The molecular weight excluding hydrogens is 308 g/mol. The third-order valence-corrected chi connectivity index (χ3v) is 4.21. The van der Waals surface area contributed by atoms with Gasteiger partial charge in [0.2, 0.25) is 0 Å². The van der Waals surface area contributed by atoms with E-state index in [-0.39, 0.29) is 18.6 Å². The molecule has 0 radical (unpaired) electrons. The maximum absolute atomic E-state index is 12.4. The number of nitrogens with zero attached hydrogens (tertiary/aromatic N) is 2. The molecule has 24 heavy (non-hydrogen) atoms. The zero-order chi connectivity index (χ0) is 17.2. The van der Waals surface area contributed by atoms with Crippen LogP contribution in [0.1, 0.15) is 48.8 Å². The Balaban J connectivity index is 1.69. The smallest absolute Gasteiger partial charge is 0.356 e. The van der Waals surface area contributed by atoms with Crippen LogP contribution in [0.4, 0.5) is 0 Å². The molecule has 1 aromatic carbocycles. The summed E-state index contributed by atoms with van der Waals surface area (Å²) in [5.41, 5.74) is 0.824. The van der Waals surface area contributed by atoms with Crippen LogP contribution >= 0.6 is 0 Å². The van der Waals surface area contributed by atoms with Crippen molar-refractivity contribution >= 4 is 11.9 Å². The first-order chi connectivity index (χ1) is 11.5. The van der Waals surface area contributed by atoms with E-state index in [0.29, 0.717) is 5.69 Å². The molecule has 2 aromatic rings. The predicted molar refractivity (Wildman–Crippen MR) is 86.5 cm³/mol. The van der Waals surface area contributed by atoms with Crippen LogP contribution in [0.2, 0.25) is 0 Å². The van der Waals surface area contributed by atoms with E-state index in [9.17, 15) is 9.59 Å². The first-order valence-corrected chi connectivity index (χ1v) is 7.94. The summed E-state index contributed by atoms with van der Waals surface area (Å²) >= 11 is 0. The topological polar surface area (TPSA) is 70.4 Å². The number of aromatic nitrogens is 2. The van der Waals surface area contributed by atoms with Crippen molar-refractivity contribution in [3.8, 4) is 0 Å². The minimum absolute atomic E-state index is 0.0420. The molecule has 1 aliphatic carbocycles. The summed E-state index contributed by atoms with van der Waals surface area (Å²) in [6.45, 7) is 3.43. The second-order valence-corrected chi connectivity index (χ2v) is 6.13. The summed E-state index contributed by atoms with van der Waals surface area (Å²) in [6.07, 6.45) is 4.56. The van der Waals surface area contributed by atoms with Crippen LogP contribution in [0.5, 0.6) is 0 Å². The van der Waals surface area contributed by atoms with Gasteiger partial charge >= 0.3 is 11.9 Å². The minimum Gasteiger partial charge on any atom is -0.457 e. The van der Waals surface area contributed by atoms with Gasteiger partial charge in [0, 0.05) is 6.92 Å². The van der Waals surface area contributed by atoms with E-state index in [1.54, 1.807) is 10.9 Å². The highest BCUT2D eigenvalue weighted by Crippen LogP contribution is 2.40. The third kappa shape index (κ3) is 3.48. The van der Waals surface area contributed by atoms with E-state index in [4.69, 9.17) is 9.47 Å². The molecule has 0 aliphatic heterocycles. The van der Waals surface area contributed by atoms with Gasteiger partial charge in [-0.15, -0.1) is 0 Å². The van der Waals surface area contributed by atoms with Crippen LogP contribution in [0.3, 0.4) is 0 Å². The van der Waals surface area contributed by atoms with Gasteiger partial charge in [-0.05, 0) is 25.3 Å². The van der Waals surface area contributed by atoms with Crippen molar-refractivity contribution in [1.82, 2.24) is 9.55 Å². The molecule has 1 aromatic heterocycles. The number of imidazole rings is 1. The molecule has 126 valence electrons. The van der Waals surface area contributed by atoms with Crippen molar-refractivity contribution in [2.45, 2.75) is 38.3 Å². The van der Waals surface area contributed by atoms with Crippen molar-refractivity contribution in [1.29, 1.82) is 0 Å². The van der Waals surface area contributed by atoms with E-state index in [1.165, 1.54) is 13.1 Å². The highest BCUT2D eigenvalue weighted by Gasteiger charge is 2.48. The molecule has 1 fully saturated rings. The molecule has 0 spiro atoms. The molecule has 6 nitrogen and oxygen atoms in total. The number of hydrogen-bond donors (Lipinski definition) is 0. The maximum Gasteiger partial charge on any atom is 0.356 e. The average Bonchev–Trinajstić information content (AvgIpc) is 3.15. The second-order valence-electron chi connectivity index (χ2n) is 6.13. The minimum atomic E-state index is -0.628. The molecule has 6 heteroatoms. The maximum atomic E-state index is 12.4. The fraction of sp³-hybridized carbons (Fsp3) is 0.389. The Kier molecular flexibility index (Phi) is 4.38. The molecular formula is C18H20N2O4. The summed E-state index contributed by atoms with van der Waals surface area (Å²) in [6, 6.07) is 9.82. The lowest BCUT2D eigenvalue weighted by Crippen LogP contribution is -2.26. The number of carbonyl (C=O) groups is 2. The highest BCUT2D eigenvalue weighted by atomic mass is 16.6. The molecule has 1 aliphatic rings. The summed E-state index contributed by atoms with van der Waals surface area (Å²) < 4.78 is 12.4. The fourth-order valence-corrected chi connectivity index (χ4v) is 2.65. The quantitative estimate of drug-likeness (QED) is 0.763. The van der Waals surface area contributed by atoms with Crippen LogP contribution < -0.4 is 0 Å². The van der Waals surface area contributed by atoms with E-state index < -0.39 is 11.6 Å². The number of benzene rings is 1. The van der Waals surface area contributed by atoms with Crippen molar-refractivity contribution in [2.75, 3.05) is 6.61 Å². The molecule has 0 saturated heterocycles. The van der Waals surface area contributed by atoms with Crippen LogP contribution in [0.15, 0.2) is 42.9 Å². The first kappa shape index (κ1) is 16.2. The summed E-state index contributed by atoms with van der Waals surface area (Å²) in [5.74, 6) is -0.819. The van der Waals surface area contributed by atoms with Gasteiger partial charge in [-0.1, -0.05) is 30.3 Å². The number of hydrogen-bond acceptors (Lipinski definition) is 5. The molecule has 1 atom stereocenters. The van der Waals surface area contributed by atoms with Gasteiger partial charge in [-0.2, -0.15) is 0 Å². The van der Waals surface area contributed by atoms with E-state index in [1.807, 2.05) is 37.3 Å². The largest absolute Gasteiger partial charge is 0.457 e. The van der Waals surface area contributed by atoms with Gasteiger partial charge < -0.3 is 14.0 Å². The molecule has 3 rings (SSSR count). The summed E-state index contributed by atoms with van der Waals surface area (Å²) in [5, 5.41) is 0. The van der Waals surface area contributed by atoms with Gasteiger partial charge in [-0.3, -0.25) is 4.79 Å². The molecule has 1 unspecified atom stereocenters. The Morgan fingerprint density at radius 2 is 2.00 bits per heavy atom. The molecule has 1 saturated carbocycles.